The molecule has 7 nitrogen and oxygen atoms in total. The summed E-state index contributed by atoms with van der Waals surface area (Å²) in [6, 6.07) is 14.6. The molecule has 0 spiro atoms. The number of amides is 1. The average Bonchev–Trinajstić information content (AvgIpc) is 3.26. The number of nitrogens with zero attached hydrogens (tertiary/aromatic N) is 3. The first-order valence-corrected chi connectivity index (χ1v) is 9.35. The molecule has 28 heavy (non-hydrogen) atoms. The maximum atomic E-state index is 12.7. The molecule has 0 fully saturated rings. The van der Waals surface area contributed by atoms with Crippen LogP contribution in [0.25, 0.3) is 22.2 Å². The fraction of sp³-hybridized carbons (Fsp3) is 0.100. The number of para-hydroxylation sites is 1. The first-order chi connectivity index (χ1) is 13.6. The van der Waals surface area contributed by atoms with E-state index in [1.807, 2.05) is 29.6 Å². The van der Waals surface area contributed by atoms with Crippen molar-refractivity contribution in [1.82, 2.24) is 19.5 Å². The smallest absolute Gasteiger partial charge is 0.293 e. The Hall–Kier alpha value is -3.52. The van der Waals surface area contributed by atoms with E-state index >= 15 is 0 Å². The predicted octanol–water partition coefficient (Wildman–Crippen LogP) is 2.69. The van der Waals surface area contributed by atoms with E-state index in [-0.39, 0.29) is 12.1 Å². The molecule has 2 heterocycles. The van der Waals surface area contributed by atoms with Gasteiger partial charge in [-0.15, -0.1) is 5.10 Å². The normalized spacial score (nSPS) is 10.9. The molecule has 0 aliphatic carbocycles. The highest BCUT2D eigenvalue weighted by Crippen LogP contribution is 2.23. The highest BCUT2D eigenvalue weighted by molar-refractivity contribution is 7.03. The van der Waals surface area contributed by atoms with Gasteiger partial charge in [0.1, 0.15) is 5.69 Å². The molecule has 0 unspecified atom stereocenters. The van der Waals surface area contributed by atoms with Crippen LogP contribution >= 0.6 is 11.5 Å². The van der Waals surface area contributed by atoms with Gasteiger partial charge in [-0.25, -0.2) is 0 Å². The second-order valence-electron chi connectivity index (χ2n) is 6.27. The fourth-order valence-corrected chi connectivity index (χ4v) is 3.53. The van der Waals surface area contributed by atoms with E-state index in [0.29, 0.717) is 10.9 Å². The molecule has 140 valence electrons. The second-order valence-corrected chi connectivity index (χ2v) is 6.88. The van der Waals surface area contributed by atoms with Crippen molar-refractivity contribution < 1.29 is 9.90 Å². The zero-order valence-electron chi connectivity index (χ0n) is 14.9. The second kappa shape index (κ2) is 7.24. The van der Waals surface area contributed by atoms with E-state index in [0.717, 1.165) is 16.8 Å². The van der Waals surface area contributed by atoms with Crippen molar-refractivity contribution in [3.63, 3.8) is 0 Å². The lowest BCUT2D eigenvalue weighted by Crippen LogP contribution is -2.27. The van der Waals surface area contributed by atoms with E-state index in [4.69, 9.17) is 0 Å². The number of benzene rings is 2. The number of aromatic hydroxyl groups is 1. The van der Waals surface area contributed by atoms with Gasteiger partial charge in [-0.2, -0.15) is 0 Å². The maximum absolute atomic E-state index is 12.7. The number of hydrogen-bond donors (Lipinski definition) is 2. The Morgan fingerprint density at radius 2 is 1.93 bits per heavy atom. The van der Waals surface area contributed by atoms with E-state index in [2.05, 4.69) is 14.9 Å². The molecule has 8 heteroatoms. The third-order valence-corrected chi connectivity index (χ3v) is 5.07. The lowest BCUT2D eigenvalue weighted by atomic mass is 10.1. The average molecular weight is 392 g/mol. The molecule has 0 radical (unpaired) electrons. The molecule has 2 N–H and O–H groups in total. The Morgan fingerprint density at radius 1 is 1.18 bits per heavy atom. The molecule has 0 bridgehead atoms. The highest BCUT2D eigenvalue weighted by atomic mass is 32.1. The molecule has 2 aromatic carbocycles. The minimum Gasteiger partial charge on any atom is -0.502 e. The van der Waals surface area contributed by atoms with Gasteiger partial charge in [-0.1, -0.05) is 47.0 Å². The van der Waals surface area contributed by atoms with Crippen molar-refractivity contribution in [1.29, 1.82) is 0 Å². The van der Waals surface area contributed by atoms with Gasteiger partial charge in [0.25, 0.3) is 11.5 Å². The number of aromatic nitrogens is 3. The quantitative estimate of drug-likeness (QED) is 0.557. The molecule has 4 rings (SSSR count). The highest BCUT2D eigenvalue weighted by Gasteiger charge is 2.20. The minimum absolute atomic E-state index is 0.0103. The number of fused-ring (bicyclic) bond motifs is 1. The summed E-state index contributed by atoms with van der Waals surface area (Å²) in [7, 11) is 1.56. The van der Waals surface area contributed by atoms with E-state index in [9.17, 15) is 14.7 Å². The molecular formula is C20H16N4O3S. The summed E-state index contributed by atoms with van der Waals surface area (Å²) >= 11 is 1.29. The molecule has 1 amide bonds. The number of carbonyl (C=O) groups is 1. The van der Waals surface area contributed by atoms with Gasteiger partial charge in [-0.05, 0) is 23.2 Å². The summed E-state index contributed by atoms with van der Waals surface area (Å²) in [4.78, 5) is 25.0. The molecule has 2 aromatic heterocycles. The lowest BCUT2D eigenvalue weighted by Gasteiger charge is -2.12. The zero-order valence-corrected chi connectivity index (χ0v) is 15.7. The molecule has 0 aliphatic heterocycles. The minimum atomic E-state index is -0.606. The van der Waals surface area contributed by atoms with Crippen LogP contribution in [-0.2, 0) is 13.6 Å². The summed E-state index contributed by atoms with van der Waals surface area (Å²) in [5.41, 5.74) is 2.59. The summed E-state index contributed by atoms with van der Waals surface area (Å²) in [5, 5.41) is 19.5. The van der Waals surface area contributed by atoms with Gasteiger partial charge in [0, 0.05) is 29.9 Å². The van der Waals surface area contributed by atoms with Crippen LogP contribution in [0, 0.1) is 0 Å². The Labute approximate surface area is 164 Å². The van der Waals surface area contributed by atoms with Gasteiger partial charge in [-0.3, -0.25) is 9.59 Å². The van der Waals surface area contributed by atoms with Gasteiger partial charge in [0.05, 0.1) is 11.1 Å². The van der Waals surface area contributed by atoms with Crippen molar-refractivity contribution in [2.45, 2.75) is 6.54 Å². The Morgan fingerprint density at radius 3 is 2.64 bits per heavy atom. The van der Waals surface area contributed by atoms with Crippen molar-refractivity contribution >= 4 is 28.3 Å². The van der Waals surface area contributed by atoms with Crippen molar-refractivity contribution in [2.24, 2.45) is 7.05 Å². The van der Waals surface area contributed by atoms with E-state index in [1.165, 1.54) is 16.1 Å². The Balaban J connectivity index is 1.59. The van der Waals surface area contributed by atoms with Crippen LogP contribution in [0.3, 0.4) is 0 Å². The van der Waals surface area contributed by atoms with E-state index in [1.54, 1.807) is 31.3 Å². The van der Waals surface area contributed by atoms with Crippen LogP contribution in [0.5, 0.6) is 5.75 Å². The first kappa shape index (κ1) is 17.9. The van der Waals surface area contributed by atoms with Crippen LogP contribution in [0.4, 0.5) is 0 Å². The predicted molar refractivity (Wildman–Crippen MR) is 107 cm³/mol. The topological polar surface area (TPSA) is 97.1 Å². The van der Waals surface area contributed by atoms with Crippen LogP contribution < -0.4 is 10.9 Å². The number of carbonyl (C=O) groups excluding carboxylic acids is 1. The summed E-state index contributed by atoms with van der Waals surface area (Å²) in [6.45, 7) is 0.261. The Kier molecular flexibility index (Phi) is 4.62. The van der Waals surface area contributed by atoms with Crippen molar-refractivity contribution in [3.8, 4) is 17.0 Å². The molecule has 0 atom stereocenters. The van der Waals surface area contributed by atoms with Gasteiger partial charge in [0.2, 0.25) is 0 Å². The van der Waals surface area contributed by atoms with Crippen LogP contribution in [0.1, 0.15) is 15.9 Å². The molecule has 0 aliphatic rings. The maximum Gasteiger partial charge on any atom is 0.293 e. The van der Waals surface area contributed by atoms with Gasteiger partial charge < -0.3 is 15.0 Å². The van der Waals surface area contributed by atoms with Crippen molar-refractivity contribution in [2.75, 3.05) is 0 Å². The fourth-order valence-electron chi connectivity index (χ4n) is 3.06. The van der Waals surface area contributed by atoms with Crippen LogP contribution in [0.15, 0.2) is 58.7 Å². The molecule has 0 saturated carbocycles. The van der Waals surface area contributed by atoms with Gasteiger partial charge in [0.15, 0.2) is 5.75 Å². The van der Waals surface area contributed by atoms with Gasteiger partial charge >= 0.3 is 0 Å². The third-order valence-electron chi connectivity index (χ3n) is 4.57. The summed E-state index contributed by atoms with van der Waals surface area (Å²) in [6.07, 6.45) is 0. The van der Waals surface area contributed by atoms with Crippen molar-refractivity contribution in [3.05, 3.63) is 75.4 Å². The summed E-state index contributed by atoms with van der Waals surface area (Å²) < 4.78 is 5.17. The first-order valence-electron chi connectivity index (χ1n) is 8.51. The third kappa shape index (κ3) is 3.14. The largest absolute Gasteiger partial charge is 0.502 e. The van der Waals surface area contributed by atoms with Crippen LogP contribution in [-0.4, -0.2) is 25.2 Å². The monoisotopic (exact) mass is 392 g/mol. The summed E-state index contributed by atoms with van der Waals surface area (Å²) in [5.74, 6) is -1.05. The number of nitrogens with one attached hydrogen (secondary N) is 1. The Bertz CT molecular complexity index is 1210. The number of pyridine rings is 1. The standard InChI is InChI=1S/C20H16N4O3S/c1-24-16-5-3-2-4-14(16)17(18(25)20(24)27)19(26)21-10-12-6-8-13(9-7-12)15-11-28-23-22-15/h2-9,11,25H,10H2,1H3,(H,21,26). The zero-order chi connectivity index (χ0) is 19.7. The van der Waals surface area contributed by atoms with E-state index < -0.39 is 17.2 Å². The lowest BCUT2D eigenvalue weighted by molar-refractivity contribution is 0.0949. The van der Waals surface area contributed by atoms with Crippen LogP contribution in [0.2, 0.25) is 0 Å². The molecule has 4 aromatic rings. The number of hydrogen-bond acceptors (Lipinski definition) is 6. The molecular weight excluding hydrogens is 376 g/mol. The SMILES string of the molecule is Cn1c(=O)c(O)c(C(=O)NCc2ccc(-c3csnn3)cc2)c2ccccc21. The number of aryl methyl sites for hydroxylation is 1. The number of rotatable bonds is 4. The molecule has 0 saturated heterocycles.